The van der Waals surface area contributed by atoms with Gasteiger partial charge >= 0.3 is 0 Å². The van der Waals surface area contributed by atoms with Gasteiger partial charge in [-0.1, -0.05) is 0 Å². The fraction of sp³-hybridized carbons (Fsp3) is 0.111. The summed E-state index contributed by atoms with van der Waals surface area (Å²) in [6, 6.07) is 14.9. The average molecular weight is 359 g/mol. The molecule has 1 heterocycles. The van der Waals surface area contributed by atoms with Gasteiger partial charge in [0.2, 0.25) is 0 Å². The molecule has 25 heavy (non-hydrogen) atoms. The van der Waals surface area contributed by atoms with Gasteiger partial charge in [-0.25, -0.2) is 8.42 Å². The molecule has 0 aliphatic heterocycles. The number of rotatable bonds is 6. The van der Waals surface area contributed by atoms with Crippen LogP contribution in [0, 0.1) is 0 Å². The molecule has 6 nitrogen and oxygen atoms in total. The fourth-order valence-corrected chi connectivity index (χ4v) is 3.40. The van der Waals surface area contributed by atoms with Gasteiger partial charge in [0.25, 0.3) is 10.0 Å². The van der Waals surface area contributed by atoms with Crippen molar-refractivity contribution in [1.29, 1.82) is 0 Å². The molecule has 0 aliphatic rings. The van der Waals surface area contributed by atoms with E-state index in [2.05, 4.69) is 4.72 Å². The molecule has 0 unspecified atom stereocenters. The second-order valence-corrected chi connectivity index (χ2v) is 6.86. The Morgan fingerprint density at radius 2 is 1.72 bits per heavy atom. The van der Waals surface area contributed by atoms with Crippen LogP contribution in [-0.2, 0) is 10.0 Å². The molecule has 0 saturated carbocycles. The van der Waals surface area contributed by atoms with Gasteiger partial charge in [-0.05, 0) is 48.5 Å². The van der Waals surface area contributed by atoms with Crippen molar-refractivity contribution in [2.45, 2.75) is 4.90 Å². The van der Waals surface area contributed by atoms with Crippen LogP contribution in [0.2, 0.25) is 0 Å². The molecule has 0 aliphatic carbocycles. The number of nitrogens with one attached hydrogen (secondary N) is 1. The van der Waals surface area contributed by atoms with E-state index in [0.717, 1.165) is 5.56 Å². The molecule has 1 N–H and O–H groups in total. The molecule has 2 aromatic carbocycles. The first-order chi connectivity index (χ1) is 12.0. The van der Waals surface area contributed by atoms with Gasteiger partial charge in [0, 0.05) is 11.6 Å². The predicted molar refractivity (Wildman–Crippen MR) is 94.5 cm³/mol. The Morgan fingerprint density at radius 3 is 2.32 bits per heavy atom. The smallest absolute Gasteiger partial charge is 0.262 e. The SMILES string of the molecule is COc1ccc(OC)c(NS(=O)(=O)c2ccc(-c3ccco3)cc2)c1. The van der Waals surface area contributed by atoms with Crippen LogP contribution in [0.3, 0.4) is 0 Å². The van der Waals surface area contributed by atoms with Crippen LogP contribution in [0.25, 0.3) is 11.3 Å². The van der Waals surface area contributed by atoms with Crippen molar-refractivity contribution in [1.82, 2.24) is 0 Å². The molecule has 3 aromatic rings. The lowest BCUT2D eigenvalue weighted by Gasteiger charge is -2.13. The molecule has 1 aromatic heterocycles. The summed E-state index contributed by atoms with van der Waals surface area (Å²) >= 11 is 0. The van der Waals surface area contributed by atoms with E-state index in [1.54, 1.807) is 42.7 Å². The summed E-state index contributed by atoms with van der Waals surface area (Å²) in [4.78, 5) is 0.132. The minimum absolute atomic E-state index is 0.132. The lowest BCUT2D eigenvalue weighted by Crippen LogP contribution is -2.13. The monoisotopic (exact) mass is 359 g/mol. The first-order valence-corrected chi connectivity index (χ1v) is 8.90. The fourth-order valence-electron chi connectivity index (χ4n) is 2.34. The third-order valence-electron chi connectivity index (χ3n) is 3.62. The van der Waals surface area contributed by atoms with Crippen molar-refractivity contribution in [2.75, 3.05) is 18.9 Å². The van der Waals surface area contributed by atoms with Crippen molar-refractivity contribution >= 4 is 15.7 Å². The summed E-state index contributed by atoms with van der Waals surface area (Å²) in [5.41, 5.74) is 1.10. The lowest BCUT2D eigenvalue weighted by molar-refractivity contribution is 0.405. The van der Waals surface area contributed by atoms with E-state index in [1.165, 1.54) is 26.4 Å². The number of hydrogen-bond acceptors (Lipinski definition) is 5. The largest absolute Gasteiger partial charge is 0.497 e. The minimum Gasteiger partial charge on any atom is -0.497 e. The summed E-state index contributed by atoms with van der Waals surface area (Å²) in [7, 11) is -0.795. The van der Waals surface area contributed by atoms with Gasteiger partial charge in [0.15, 0.2) is 0 Å². The van der Waals surface area contributed by atoms with Crippen LogP contribution in [0.15, 0.2) is 70.2 Å². The van der Waals surface area contributed by atoms with Gasteiger partial charge in [0.1, 0.15) is 17.3 Å². The molecule has 0 saturated heterocycles. The Bertz CT molecular complexity index is 948. The Kier molecular flexibility index (Phi) is 4.67. The second kappa shape index (κ2) is 6.90. The Morgan fingerprint density at radius 1 is 0.960 bits per heavy atom. The topological polar surface area (TPSA) is 77.8 Å². The predicted octanol–water partition coefficient (Wildman–Crippen LogP) is 3.76. The molecular weight excluding hydrogens is 342 g/mol. The maximum atomic E-state index is 12.6. The van der Waals surface area contributed by atoms with Gasteiger partial charge < -0.3 is 13.9 Å². The summed E-state index contributed by atoms with van der Waals surface area (Å²) in [5, 5.41) is 0. The number of methoxy groups -OCH3 is 2. The number of ether oxygens (including phenoxy) is 2. The molecule has 3 rings (SSSR count). The van der Waals surface area contributed by atoms with Crippen molar-refractivity contribution in [3.05, 3.63) is 60.9 Å². The Hall–Kier alpha value is -2.93. The van der Waals surface area contributed by atoms with Crippen LogP contribution in [0.1, 0.15) is 0 Å². The van der Waals surface area contributed by atoms with E-state index in [-0.39, 0.29) is 4.90 Å². The van der Waals surface area contributed by atoms with Crippen LogP contribution in [0.5, 0.6) is 11.5 Å². The first kappa shape index (κ1) is 16.9. The summed E-state index contributed by atoms with van der Waals surface area (Å²) in [6.07, 6.45) is 1.57. The van der Waals surface area contributed by atoms with Crippen LogP contribution in [-0.4, -0.2) is 22.6 Å². The molecule has 130 valence electrons. The first-order valence-electron chi connectivity index (χ1n) is 7.42. The molecule has 7 heteroatoms. The zero-order valence-electron chi connectivity index (χ0n) is 13.7. The molecule has 0 bridgehead atoms. The second-order valence-electron chi connectivity index (χ2n) is 5.17. The van der Waals surface area contributed by atoms with Crippen LogP contribution in [0.4, 0.5) is 5.69 Å². The van der Waals surface area contributed by atoms with E-state index in [9.17, 15) is 8.42 Å². The quantitative estimate of drug-likeness (QED) is 0.725. The number of benzene rings is 2. The highest BCUT2D eigenvalue weighted by molar-refractivity contribution is 7.92. The maximum Gasteiger partial charge on any atom is 0.262 e. The average Bonchev–Trinajstić information content (AvgIpc) is 3.16. The summed E-state index contributed by atoms with van der Waals surface area (Å²) < 4.78 is 43.4. The van der Waals surface area contributed by atoms with Crippen molar-refractivity contribution < 1.29 is 22.3 Å². The molecule has 0 amide bonds. The van der Waals surface area contributed by atoms with Crippen molar-refractivity contribution in [3.8, 4) is 22.8 Å². The van der Waals surface area contributed by atoms with E-state index in [0.29, 0.717) is 22.9 Å². The number of sulfonamides is 1. The van der Waals surface area contributed by atoms with E-state index >= 15 is 0 Å². The highest BCUT2D eigenvalue weighted by Gasteiger charge is 2.17. The van der Waals surface area contributed by atoms with Gasteiger partial charge in [-0.2, -0.15) is 0 Å². The molecule has 0 fully saturated rings. The summed E-state index contributed by atoms with van der Waals surface area (Å²) in [5.74, 6) is 1.59. The number of furan rings is 1. The lowest BCUT2D eigenvalue weighted by atomic mass is 10.2. The maximum absolute atomic E-state index is 12.6. The van der Waals surface area contributed by atoms with Crippen LogP contribution >= 0.6 is 0 Å². The highest BCUT2D eigenvalue weighted by atomic mass is 32.2. The third-order valence-corrected chi connectivity index (χ3v) is 5.00. The third kappa shape index (κ3) is 3.61. The zero-order valence-corrected chi connectivity index (χ0v) is 14.5. The highest BCUT2D eigenvalue weighted by Crippen LogP contribution is 2.31. The number of anilines is 1. The standard InChI is InChI=1S/C18H17NO5S/c1-22-14-7-10-18(23-2)16(12-14)19-25(20,21)15-8-5-13(6-9-15)17-4-3-11-24-17/h3-12,19H,1-2H3. The molecular formula is C18H17NO5S. The van der Waals surface area contributed by atoms with Gasteiger partial charge in [0.05, 0.1) is 31.1 Å². The van der Waals surface area contributed by atoms with Gasteiger partial charge in [-0.15, -0.1) is 0 Å². The van der Waals surface area contributed by atoms with Crippen molar-refractivity contribution in [3.63, 3.8) is 0 Å². The van der Waals surface area contributed by atoms with Gasteiger partial charge in [-0.3, -0.25) is 4.72 Å². The summed E-state index contributed by atoms with van der Waals surface area (Å²) in [6.45, 7) is 0. The number of hydrogen-bond donors (Lipinski definition) is 1. The zero-order chi connectivity index (χ0) is 17.9. The van der Waals surface area contributed by atoms with E-state index in [1.807, 2.05) is 6.07 Å². The Labute approximate surface area is 146 Å². The van der Waals surface area contributed by atoms with E-state index in [4.69, 9.17) is 13.9 Å². The van der Waals surface area contributed by atoms with E-state index < -0.39 is 10.0 Å². The normalized spacial score (nSPS) is 11.1. The molecule has 0 atom stereocenters. The minimum atomic E-state index is -3.77. The Balaban J connectivity index is 1.89. The molecule has 0 spiro atoms. The van der Waals surface area contributed by atoms with Crippen LogP contribution < -0.4 is 14.2 Å². The van der Waals surface area contributed by atoms with Crippen molar-refractivity contribution in [2.24, 2.45) is 0 Å². The molecule has 0 radical (unpaired) electrons.